The molecule has 8 nitrogen and oxygen atoms in total. The van der Waals surface area contributed by atoms with Crippen LogP contribution in [0.25, 0.3) is 27.7 Å². The molecule has 202 valence electrons. The fourth-order valence-electron chi connectivity index (χ4n) is 4.56. The summed E-state index contributed by atoms with van der Waals surface area (Å²) in [5.41, 5.74) is 6.92. The Bertz CT molecular complexity index is 1450. The minimum Gasteiger partial charge on any atom is -0.370 e. The molecule has 1 aliphatic heterocycles. The molecule has 8 heteroatoms. The molecule has 1 aliphatic carbocycles. The minimum atomic E-state index is 0.0458. The topological polar surface area (TPSA) is 98.8 Å². The second-order valence-corrected chi connectivity index (χ2v) is 10.2. The Morgan fingerprint density at radius 3 is 2.51 bits per heavy atom. The first-order valence-corrected chi connectivity index (χ1v) is 14.0. The van der Waals surface area contributed by atoms with Gasteiger partial charge in [0, 0.05) is 42.4 Å². The number of anilines is 3. The van der Waals surface area contributed by atoms with E-state index in [1.165, 1.54) is 25.7 Å². The summed E-state index contributed by atoms with van der Waals surface area (Å²) in [5, 5.41) is 14.9. The van der Waals surface area contributed by atoms with Gasteiger partial charge in [0.25, 0.3) is 0 Å². The number of amides is 1. The molecule has 1 amide bonds. The first-order chi connectivity index (χ1) is 19.1. The predicted octanol–water partition coefficient (Wildman–Crippen LogP) is 6.86. The highest BCUT2D eigenvalue weighted by Gasteiger charge is 2.30. The third-order valence-corrected chi connectivity index (χ3v) is 7.19. The number of nitrogens with zero attached hydrogens (tertiary/aromatic N) is 4. The van der Waals surface area contributed by atoms with E-state index in [4.69, 9.17) is 0 Å². The Kier molecular flexibility index (Phi) is 8.20. The van der Waals surface area contributed by atoms with E-state index in [9.17, 15) is 4.79 Å². The molecule has 0 bridgehead atoms. The quantitative estimate of drug-likeness (QED) is 0.233. The van der Waals surface area contributed by atoms with Gasteiger partial charge in [0.05, 0.1) is 40.7 Å². The zero-order valence-electron chi connectivity index (χ0n) is 22.8. The molecular weight excluding hydrogens is 486 g/mol. The van der Waals surface area contributed by atoms with Crippen LogP contribution in [-0.4, -0.2) is 39.2 Å². The number of aromatic nitrogens is 4. The number of H-pyrrole nitrogens is 1. The summed E-state index contributed by atoms with van der Waals surface area (Å²) in [6.07, 6.45) is 14.2. The average molecular weight is 524 g/mol. The number of carbonyl (C=O) groups excluding carboxylic acids is 1. The maximum atomic E-state index is 12.3. The number of benzene rings is 1. The number of aromatic amines is 1. The van der Waals surface area contributed by atoms with Crippen LogP contribution in [0.2, 0.25) is 0 Å². The van der Waals surface area contributed by atoms with Crippen molar-refractivity contribution in [2.75, 3.05) is 28.6 Å². The number of pyridine rings is 2. The zero-order valence-corrected chi connectivity index (χ0v) is 22.8. The molecule has 1 saturated heterocycles. The van der Waals surface area contributed by atoms with Crippen molar-refractivity contribution in [2.24, 2.45) is 5.92 Å². The van der Waals surface area contributed by atoms with Crippen molar-refractivity contribution in [1.29, 1.82) is 0 Å². The SMILES string of the molecule is C=C(Nc1cnccc1NC(=O)C1CC1)c1n[nH]c2ccc(-c3cncc(N4CCCC4)c3)cc12.CCCC. The lowest BCUT2D eigenvalue weighted by molar-refractivity contribution is -0.117. The second-order valence-electron chi connectivity index (χ2n) is 10.2. The molecule has 3 aromatic heterocycles. The second kappa shape index (κ2) is 12.1. The molecule has 2 aliphatic rings. The van der Waals surface area contributed by atoms with E-state index in [2.05, 4.69) is 74.3 Å². The largest absolute Gasteiger partial charge is 0.370 e. The number of hydrogen-bond donors (Lipinski definition) is 3. The van der Waals surface area contributed by atoms with Crippen molar-refractivity contribution in [3.05, 3.63) is 67.4 Å². The summed E-state index contributed by atoms with van der Waals surface area (Å²) < 4.78 is 0. The smallest absolute Gasteiger partial charge is 0.227 e. The van der Waals surface area contributed by atoms with E-state index < -0.39 is 0 Å². The number of unbranched alkanes of at least 4 members (excludes halogenated alkanes) is 1. The van der Waals surface area contributed by atoms with Crippen LogP contribution in [0.5, 0.6) is 0 Å². The Labute approximate surface area is 229 Å². The number of fused-ring (bicyclic) bond motifs is 1. The highest BCUT2D eigenvalue weighted by Crippen LogP contribution is 2.33. The van der Waals surface area contributed by atoms with Gasteiger partial charge in [-0.05, 0) is 55.5 Å². The number of rotatable bonds is 8. The summed E-state index contributed by atoms with van der Waals surface area (Å²) >= 11 is 0. The molecule has 4 aromatic rings. The van der Waals surface area contributed by atoms with Gasteiger partial charge in [0.1, 0.15) is 5.69 Å². The highest BCUT2D eigenvalue weighted by molar-refractivity contribution is 5.99. The van der Waals surface area contributed by atoms with Gasteiger partial charge in [-0.25, -0.2) is 0 Å². The van der Waals surface area contributed by atoms with Crippen molar-refractivity contribution < 1.29 is 4.79 Å². The summed E-state index contributed by atoms with van der Waals surface area (Å²) in [7, 11) is 0. The Hall–Kier alpha value is -4.20. The molecule has 39 heavy (non-hydrogen) atoms. The molecule has 2 fully saturated rings. The van der Waals surface area contributed by atoms with Gasteiger partial charge in [0.15, 0.2) is 0 Å². The average Bonchev–Trinajstić information content (AvgIpc) is 3.50. The highest BCUT2D eigenvalue weighted by atomic mass is 16.2. The van der Waals surface area contributed by atoms with E-state index in [0.717, 1.165) is 53.6 Å². The van der Waals surface area contributed by atoms with Crippen LogP contribution in [0.1, 0.15) is 58.1 Å². The van der Waals surface area contributed by atoms with Gasteiger partial charge >= 0.3 is 0 Å². The maximum Gasteiger partial charge on any atom is 0.227 e. The molecule has 1 aromatic carbocycles. The lowest BCUT2D eigenvalue weighted by atomic mass is 10.0. The first-order valence-electron chi connectivity index (χ1n) is 14.0. The van der Waals surface area contributed by atoms with Crippen molar-refractivity contribution in [3.63, 3.8) is 0 Å². The lowest BCUT2D eigenvalue weighted by Crippen LogP contribution is -2.17. The van der Waals surface area contributed by atoms with Gasteiger partial charge in [-0.1, -0.05) is 39.3 Å². The van der Waals surface area contributed by atoms with Gasteiger partial charge < -0.3 is 15.5 Å². The zero-order chi connectivity index (χ0) is 27.2. The third-order valence-electron chi connectivity index (χ3n) is 7.19. The molecule has 0 atom stereocenters. The van der Waals surface area contributed by atoms with E-state index in [1.807, 2.05) is 18.5 Å². The van der Waals surface area contributed by atoms with Crippen molar-refractivity contribution in [1.82, 2.24) is 20.2 Å². The summed E-state index contributed by atoms with van der Waals surface area (Å²) in [4.78, 5) is 23.4. The normalized spacial score (nSPS) is 14.6. The van der Waals surface area contributed by atoms with Crippen LogP contribution >= 0.6 is 0 Å². The van der Waals surface area contributed by atoms with Crippen LogP contribution in [-0.2, 0) is 4.79 Å². The molecule has 3 N–H and O–H groups in total. The van der Waals surface area contributed by atoms with Crippen LogP contribution < -0.4 is 15.5 Å². The van der Waals surface area contributed by atoms with Gasteiger partial charge in [-0.15, -0.1) is 0 Å². The first kappa shape index (κ1) is 26.4. The van der Waals surface area contributed by atoms with E-state index in [0.29, 0.717) is 22.8 Å². The van der Waals surface area contributed by atoms with E-state index in [1.54, 1.807) is 18.5 Å². The molecule has 0 spiro atoms. The Morgan fingerprint density at radius 1 is 0.974 bits per heavy atom. The summed E-state index contributed by atoms with van der Waals surface area (Å²) in [6.45, 7) is 10.8. The molecule has 1 saturated carbocycles. The van der Waals surface area contributed by atoms with E-state index >= 15 is 0 Å². The standard InChI is InChI=1S/C27H27N7O.C4H10/c1-17(30-25-16-28-9-8-24(25)31-27(35)18-4-5-18)26-22-13-19(6-7-23(22)32-33-26)20-12-21(15-29-14-20)34-10-2-3-11-34;1-3-4-2/h6-9,12-16,18,30H,1-5,10-11H2,(H,32,33)(H,28,31,35);3-4H2,1-2H3. The van der Waals surface area contributed by atoms with Crippen molar-refractivity contribution in [3.8, 4) is 11.1 Å². The summed E-state index contributed by atoms with van der Waals surface area (Å²) in [6, 6.07) is 10.2. The predicted molar refractivity (Wildman–Crippen MR) is 160 cm³/mol. The molecule has 0 radical (unpaired) electrons. The molecule has 0 unspecified atom stereocenters. The Balaban J connectivity index is 0.000000723. The van der Waals surface area contributed by atoms with Crippen molar-refractivity contribution >= 4 is 39.6 Å². The third kappa shape index (κ3) is 6.28. The maximum absolute atomic E-state index is 12.3. The lowest BCUT2D eigenvalue weighted by Gasteiger charge is -2.17. The fourth-order valence-corrected chi connectivity index (χ4v) is 4.56. The van der Waals surface area contributed by atoms with E-state index in [-0.39, 0.29) is 11.8 Å². The monoisotopic (exact) mass is 523 g/mol. The number of hydrogen-bond acceptors (Lipinski definition) is 6. The summed E-state index contributed by atoms with van der Waals surface area (Å²) in [5.74, 6) is 0.163. The minimum absolute atomic E-state index is 0.0458. The number of carbonyl (C=O) groups is 1. The molecular formula is C31H37N7O. The fraction of sp³-hybridized carbons (Fsp3) is 0.355. The van der Waals surface area contributed by atoms with Gasteiger partial charge in [-0.2, -0.15) is 5.10 Å². The molecule has 4 heterocycles. The Morgan fingerprint density at radius 2 is 1.77 bits per heavy atom. The van der Waals surface area contributed by atoms with Crippen LogP contribution in [0, 0.1) is 5.92 Å². The molecule has 6 rings (SSSR count). The van der Waals surface area contributed by atoms with Gasteiger partial charge in [0.2, 0.25) is 5.91 Å². The van der Waals surface area contributed by atoms with Gasteiger partial charge in [-0.3, -0.25) is 19.9 Å². The van der Waals surface area contributed by atoms with Crippen LogP contribution in [0.15, 0.2) is 61.7 Å². The van der Waals surface area contributed by atoms with Crippen LogP contribution in [0.4, 0.5) is 17.1 Å². The van der Waals surface area contributed by atoms with Crippen molar-refractivity contribution in [2.45, 2.75) is 52.4 Å². The number of nitrogens with one attached hydrogen (secondary N) is 3. The van der Waals surface area contributed by atoms with Crippen LogP contribution in [0.3, 0.4) is 0 Å².